The van der Waals surface area contributed by atoms with E-state index in [2.05, 4.69) is 0 Å². The molecule has 0 unspecified atom stereocenters. The highest BCUT2D eigenvalue weighted by molar-refractivity contribution is 6.06. The lowest BCUT2D eigenvalue weighted by atomic mass is 10.0. The molecular formula is C22H22N2O4. The molecular weight excluding hydrogens is 356 g/mol. The van der Waals surface area contributed by atoms with E-state index in [1.807, 2.05) is 30.3 Å². The van der Waals surface area contributed by atoms with Crippen molar-refractivity contribution in [2.24, 2.45) is 5.73 Å². The van der Waals surface area contributed by atoms with Gasteiger partial charge >= 0.3 is 0 Å². The van der Waals surface area contributed by atoms with Crippen LogP contribution in [0.3, 0.4) is 0 Å². The summed E-state index contributed by atoms with van der Waals surface area (Å²) < 4.78 is 6.08. The van der Waals surface area contributed by atoms with Gasteiger partial charge in [-0.05, 0) is 32.9 Å². The molecule has 0 saturated carbocycles. The van der Waals surface area contributed by atoms with Gasteiger partial charge in [0.1, 0.15) is 5.76 Å². The maximum atomic E-state index is 13.1. The Hall–Kier alpha value is -3.41. The van der Waals surface area contributed by atoms with E-state index in [9.17, 15) is 14.4 Å². The molecule has 3 rings (SSSR count). The van der Waals surface area contributed by atoms with Gasteiger partial charge in [-0.15, -0.1) is 0 Å². The zero-order valence-electron chi connectivity index (χ0n) is 16.1. The minimum atomic E-state index is -0.607. The number of para-hydroxylation sites is 1. The quantitative estimate of drug-likeness (QED) is 0.738. The van der Waals surface area contributed by atoms with Crippen LogP contribution in [0.2, 0.25) is 0 Å². The summed E-state index contributed by atoms with van der Waals surface area (Å²) in [5.41, 5.74) is 6.76. The summed E-state index contributed by atoms with van der Waals surface area (Å²) in [6.45, 7) is 5.08. The number of hydrogen-bond donors (Lipinski definition) is 1. The molecule has 2 amide bonds. The Morgan fingerprint density at radius 3 is 2.36 bits per heavy atom. The predicted molar refractivity (Wildman–Crippen MR) is 108 cm³/mol. The van der Waals surface area contributed by atoms with Gasteiger partial charge in [0.05, 0.1) is 17.5 Å². The second-order valence-electron chi connectivity index (χ2n) is 6.93. The van der Waals surface area contributed by atoms with Gasteiger partial charge < -0.3 is 15.1 Å². The van der Waals surface area contributed by atoms with Crippen LogP contribution in [0.15, 0.2) is 57.7 Å². The highest BCUT2D eigenvalue weighted by Gasteiger charge is 2.25. The van der Waals surface area contributed by atoms with Crippen LogP contribution >= 0.6 is 0 Å². The molecule has 2 aromatic carbocycles. The largest absolute Gasteiger partial charge is 0.455 e. The molecule has 1 aromatic heterocycles. The zero-order chi connectivity index (χ0) is 20.4. The predicted octanol–water partition coefficient (Wildman–Crippen LogP) is 3.10. The molecule has 6 heteroatoms. The number of carbonyl (C=O) groups excluding carboxylic acids is 2. The third-order valence-corrected chi connectivity index (χ3v) is 4.62. The monoisotopic (exact) mass is 378 g/mol. The lowest BCUT2D eigenvalue weighted by Crippen LogP contribution is -2.42. The van der Waals surface area contributed by atoms with Crippen molar-refractivity contribution in [2.45, 2.75) is 26.8 Å². The molecule has 0 fully saturated rings. The minimum Gasteiger partial charge on any atom is -0.455 e. The molecule has 0 atom stereocenters. The Morgan fingerprint density at radius 1 is 1.07 bits per heavy atom. The number of carbonyl (C=O) groups is 2. The molecule has 0 bridgehead atoms. The van der Waals surface area contributed by atoms with Crippen LogP contribution in [-0.4, -0.2) is 29.3 Å². The maximum absolute atomic E-state index is 13.1. The van der Waals surface area contributed by atoms with E-state index < -0.39 is 11.8 Å². The summed E-state index contributed by atoms with van der Waals surface area (Å²) in [4.78, 5) is 38.8. The van der Waals surface area contributed by atoms with Crippen LogP contribution in [0.1, 0.15) is 29.8 Å². The van der Waals surface area contributed by atoms with Crippen molar-refractivity contribution in [3.63, 3.8) is 0 Å². The molecule has 1 heterocycles. The number of nitrogens with two attached hydrogens (primary N) is 1. The molecule has 0 saturated heterocycles. The van der Waals surface area contributed by atoms with Crippen LogP contribution in [0.5, 0.6) is 0 Å². The highest BCUT2D eigenvalue weighted by Crippen LogP contribution is 2.28. The van der Waals surface area contributed by atoms with Gasteiger partial charge in [-0.1, -0.05) is 36.4 Å². The smallest absolute Gasteiger partial charge is 0.258 e. The molecule has 0 radical (unpaired) electrons. The van der Waals surface area contributed by atoms with Crippen LogP contribution < -0.4 is 11.2 Å². The zero-order valence-corrected chi connectivity index (χ0v) is 16.1. The Kier molecular flexibility index (Phi) is 5.31. The summed E-state index contributed by atoms with van der Waals surface area (Å²) in [6, 6.07) is 13.9. The summed E-state index contributed by atoms with van der Waals surface area (Å²) >= 11 is 0. The van der Waals surface area contributed by atoms with Gasteiger partial charge in [-0.2, -0.15) is 0 Å². The number of rotatable bonds is 5. The van der Waals surface area contributed by atoms with Crippen molar-refractivity contribution in [1.82, 2.24) is 4.90 Å². The summed E-state index contributed by atoms with van der Waals surface area (Å²) in [5.74, 6) is -0.598. The number of hydrogen-bond acceptors (Lipinski definition) is 4. The molecule has 0 aliphatic heterocycles. The summed E-state index contributed by atoms with van der Waals surface area (Å²) in [5, 5.41) is 0.325. The molecule has 0 aliphatic carbocycles. The topological polar surface area (TPSA) is 93.6 Å². The van der Waals surface area contributed by atoms with Gasteiger partial charge in [0.25, 0.3) is 5.91 Å². The van der Waals surface area contributed by atoms with Gasteiger partial charge in [0.2, 0.25) is 5.91 Å². The van der Waals surface area contributed by atoms with Crippen molar-refractivity contribution < 1.29 is 14.0 Å². The molecule has 3 aromatic rings. The van der Waals surface area contributed by atoms with E-state index in [-0.39, 0.29) is 29.2 Å². The first kappa shape index (κ1) is 19.4. The average molecular weight is 378 g/mol. The van der Waals surface area contributed by atoms with Crippen molar-refractivity contribution in [1.29, 1.82) is 0 Å². The van der Waals surface area contributed by atoms with E-state index in [0.717, 1.165) is 5.56 Å². The molecule has 6 nitrogen and oxygen atoms in total. The highest BCUT2D eigenvalue weighted by atomic mass is 16.3. The first-order valence-corrected chi connectivity index (χ1v) is 9.02. The fourth-order valence-electron chi connectivity index (χ4n) is 3.15. The van der Waals surface area contributed by atoms with E-state index >= 15 is 0 Å². The third kappa shape index (κ3) is 3.53. The van der Waals surface area contributed by atoms with Crippen LogP contribution in [0.25, 0.3) is 22.3 Å². The van der Waals surface area contributed by atoms with Gasteiger partial charge in [0, 0.05) is 17.2 Å². The van der Waals surface area contributed by atoms with Gasteiger partial charge in [-0.3, -0.25) is 14.4 Å². The lowest BCUT2D eigenvalue weighted by Gasteiger charge is -2.25. The molecule has 144 valence electrons. The van der Waals surface area contributed by atoms with E-state index in [0.29, 0.717) is 16.7 Å². The van der Waals surface area contributed by atoms with Gasteiger partial charge in [-0.25, -0.2) is 0 Å². The molecule has 0 spiro atoms. The second kappa shape index (κ2) is 7.68. The molecule has 28 heavy (non-hydrogen) atoms. The normalized spacial score (nSPS) is 11.0. The van der Waals surface area contributed by atoms with E-state index in [1.165, 1.54) is 4.90 Å². The number of primary amides is 1. The second-order valence-corrected chi connectivity index (χ2v) is 6.93. The fraction of sp³-hybridized carbons (Fsp3) is 0.227. The number of benzene rings is 2. The van der Waals surface area contributed by atoms with Crippen LogP contribution in [0, 0.1) is 6.92 Å². The number of fused-ring (bicyclic) bond motifs is 1. The van der Waals surface area contributed by atoms with Crippen molar-refractivity contribution >= 4 is 22.8 Å². The molecule has 0 aliphatic rings. The van der Waals surface area contributed by atoms with Gasteiger partial charge in [0.15, 0.2) is 11.0 Å². The molecule has 2 N–H and O–H groups in total. The number of amides is 2. The number of nitrogens with zero attached hydrogens (tertiary/aromatic N) is 1. The van der Waals surface area contributed by atoms with E-state index in [1.54, 1.807) is 39.0 Å². The van der Waals surface area contributed by atoms with Crippen molar-refractivity contribution in [3.05, 3.63) is 69.9 Å². The first-order valence-electron chi connectivity index (χ1n) is 9.02. The summed E-state index contributed by atoms with van der Waals surface area (Å²) in [7, 11) is 0. The fourth-order valence-corrected chi connectivity index (χ4v) is 3.15. The van der Waals surface area contributed by atoms with Crippen LogP contribution in [-0.2, 0) is 4.79 Å². The Labute approximate surface area is 162 Å². The Bertz CT molecular complexity index is 1100. The van der Waals surface area contributed by atoms with Crippen LogP contribution in [0.4, 0.5) is 0 Å². The standard InChI is InChI=1S/C22H22N2O4/c1-13(2)24(12-18(23)25)22(27)17-11-7-10-16-19(26)14(3)20(28-21(16)17)15-8-5-4-6-9-15/h4-11,13H,12H2,1-3H3,(H2,23,25). The lowest BCUT2D eigenvalue weighted by molar-refractivity contribution is -0.119. The average Bonchev–Trinajstić information content (AvgIpc) is 2.68. The summed E-state index contributed by atoms with van der Waals surface area (Å²) in [6.07, 6.45) is 0. The van der Waals surface area contributed by atoms with E-state index in [4.69, 9.17) is 10.2 Å². The Morgan fingerprint density at radius 2 is 1.75 bits per heavy atom. The third-order valence-electron chi connectivity index (χ3n) is 4.62. The first-order chi connectivity index (χ1) is 13.3. The maximum Gasteiger partial charge on any atom is 0.258 e. The Balaban J connectivity index is 2.24. The SMILES string of the molecule is Cc1c(-c2ccccc2)oc2c(C(=O)N(CC(N)=O)C(C)C)cccc2c1=O. The van der Waals surface area contributed by atoms with Crippen molar-refractivity contribution in [3.8, 4) is 11.3 Å². The minimum absolute atomic E-state index is 0.194. The van der Waals surface area contributed by atoms with Crippen molar-refractivity contribution in [2.75, 3.05) is 6.54 Å².